The van der Waals surface area contributed by atoms with Crippen LogP contribution >= 0.6 is 11.3 Å². The van der Waals surface area contributed by atoms with Crippen molar-refractivity contribution in [2.45, 2.75) is 13.5 Å². The average Bonchev–Trinajstić information content (AvgIpc) is 3.08. The minimum absolute atomic E-state index is 0.871. The number of hydrogen-bond acceptors (Lipinski definition) is 3. The van der Waals surface area contributed by atoms with Crippen LogP contribution in [0, 0.1) is 6.92 Å². The molecule has 0 radical (unpaired) electrons. The molecule has 0 unspecified atom stereocenters. The van der Waals surface area contributed by atoms with Gasteiger partial charge in [-0.15, -0.1) is 11.3 Å². The molecule has 0 fully saturated rings. The van der Waals surface area contributed by atoms with E-state index in [1.807, 2.05) is 6.07 Å². The van der Waals surface area contributed by atoms with Gasteiger partial charge in [-0.1, -0.05) is 12.1 Å². The number of aryl methyl sites for hydroxylation is 1. The van der Waals surface area contributed by atoms with Crippen molar-refractivity contribution >= 4 is 17.0 Å². The summed E-state index contributed by atoms with van der Waals surface area (Å²) in [6.45, 7) is 3.02. The van der Waals surface area contributed by atoms with Gasteiger partial charge in [0, 0.05) is 28.9 Å². The van der Waals surface area contributed by atoms with Gasteiger partial charge < -0.3 is 5.32 Å². The van der Waals surface area contributed by atoms with Crippen molar-refractivity contribution in [2.75, 3.05) is 5.32 Å². The smallest absolute Gasteiger partial charge is 0.0650 e. The van der Waals surface area contributed by atoms with Crippen molar-refractivity contribution in [3.8, 4) is 11.3 Å². The van der Waals surface area contributed by atoms with Gasteiger partial charge in [-0.25, -0.2) is 0 Å². The molecule has 3 nitrogen and oxygen atoms in total. The number of H-pyrrole nitrogens is 1. The Morgan fingerprint density at radius 1 is 1.26 bits per heavy atom. The van der Waals surface area contributed by atoms with Gasteiger partial charge in [0.2, 0.25) is 0 Å². The van der Waals surface area contributed by atoms with E-state index in [0.717, 1.165) is 23.5 Å². The summed E-state index contributed by atoms with van der Waals surface area (Å²) in [5, 5.41) is 12.6. The van der Waals surface area contributed by atoms with E-state index in [2.05, 4.69) is 58.1 Å². The maximum Gasteiger partial charge on any atom is 0.0650 e. The lowest BCUT2D eigenvalue weighted by Crippen LogP contribution is -1.98. The van der Waals surface area contributed by atoms with Crippen LogP contribution in [0.2, 0.25) is 0 Å². The molecule has 3 aromatic rings. The molecular weight excluding hydrogens is 254 g/mol. The Labute approximate surface area is 116 Å². The largest absolute Gasteiger partial charge is 0.380 e. The molecule has 0 aliphatic rings. The number of thiophene rings is 1. The standard InChI is InChI=1S/C15H15N3S/c1-11-6-8-19-15(11)10-16-13-4-2-3-12(9-13)14-5-7-17-18-14/h2-9,16H,10H2,1H3,(H,17,18). The van der Waals surface area contributed by atoms with E-state index in [9.17, 15) is 0 Å². The minimum atomic E-state index is 0.871. The normalized spacial score (nSPS) is 10.6. The molecule has 0 amide bonds. The van der Waals surface area contributed by atoms with Gasteiger partial charge in [0.25, 0.3) is 0 Å². The molecule has 2 N–H and O–H groups in total. The Morgan fingerprint density at radius 3 is 2.95 bits per heavy atom. The topological polar surface area (TPSA) is 40.7 Å². The zero-order chi connectivity index (χ0) is 13.1. The molecule has 2 heterocycles. The van der Waals surface area contributed by atoms with Gasteiger partial charge >= 0.3 is 0 Å². The minimum Gasteiger partial charge on any atom is -0.380 e. The lowest BCUT2D eigenvalue weighted by molar-refractivity contribution is 1.09. The second kappa shape index (κ2) is 5.28. The number of aromatic amines is 1. The van der Waals surface area contributed by atoms with Gasteiger partial charge in [-0.2, -0.15) is 5.10 Å². The third-order valence-electron chi connectivity index (χ3n) is 3.10. The third-order valence-corrected chi connectivity index (χ3v) is 4.12. The maximum absolute atomic E-state index is 3.98. The number of aromatic nitrogens is 2. The van der Waals surface area contributed by atoms with E-state index in [1.54, 1.807) is 17.5 Å². The Bertz CT molecular complexity index is 656. The number of nitrogens with zero attached hydrogens (tertiary/aromatic N) is 1. The highest BCUT2D eigenvalue weighted by atomic mass is 32.1. The Balaban J connectivity index is 1.75. The molecule has 3 rings (SSSR count). The average molecular weight is 269 g/mol. The first-order chi connectivity index (χ1) is 9.33. The Morgan fingerprint density at radius 2 is 2.21 bits per heavy atom. The zero-order valence-electron chi connectivity index (χ0n) is 10.7. The monoisotopic (exact) mass is 269 g/mol. The van der Waals surface area contributed by atoms with Gasteiger partial charge in [0.05, 0.1) is 5.69 Å². The first-order valence-corrected chi connectivity index (χ1v) is 7.07. The van der Waals surface area contributed by atoms with Crippen LogP contribution in [0.4, 0.5) is 5.69 Å². The van der Waals surface area contributed by atoms with E-state index in [4.69, 9.17) is 0 Å². The van der Waals surface area contributed by atoms with Crippen LogP contribution in [0.5, 0.6) is 0 Å². The van der Waals surface area contributed by atoms with Gasteiger partial charge in [0.15, 0.2) is 0 Å². The van der Waals surface area contributed by atoms with Gasteiger partial charge in [0.1, 0.15) is 0 Å². The van der Waals surface area contributed by atoms with Crippen LogP contribution in [0.15, 0.2) is 48.0 Å². The molecule has 0 aliphatic carbocycles. The quantitative estimate of drug-likeness (QED) is 0.750. The maximum atomic E-state index is 3.98. The Hall–Kier alpha value is -2.07. The SMILES string of the molecule is Cc1ccsc1CNc1cccc(-c2ccn[nH]2)c1. The fourth-order valence-corrected chi connectivity index (χ4v) is 2.83. The van der Waals surface area contributed by atoms with Crippen LogP contribution < -0.4 is 5.32 Å². The fourth-order valence-electron chi connectivity index (χ4n) is 1.98. The summed E-state index contributed by atoms with van der Waals surface area (Å²) in [4.78, 5) is 1.38. The van der Waals surface area contributed by atoms with Crippen LogP contribution in [0.3, 0.4) is 0 Å². The molecule has 2 aromatic heterocycles. The predicted molar refractivity (Wildman–Crippen MR) is 80.4 cm³/mol. The summed E-state index contributed by atoms with van der Waals surface area (Å²) < 4.78 is 0. The summed E-state index contributed by atoms with van der Waals surface area (Å²) in [5.41, 5.74) is 4.66. The predicted octanol–water partition coefficient (Wildman–Crippen LogP) is 4.06. The van der Waals surface area contributed by atoms with Gasteiger partial charge in [-0.3, -0.25) is 5.10 Å². The van der Waals surface area contributed by atoms with Crippen molar-refractivity contribution in [2.24, 2.45) is 0 Å². The second-order valence-electron chi connectivity index (χ2n) is 4.43. The van der Waals surface area contributed by atoms with Crippen molar-refractivity contribution in [3.63, 3.8) is 0 Å². The molecule has 0 saturated carbocycles. The van der Waals surface area contributed by atoms with Crippen LogP contribution in [-0.4, -0.2) is 10.2 Å². The summed E-state index contributed by atoms with van der Waals surface area (Å²) in [5.74, 6) is 0. The second-order valence-corrected chi connectivity index (χ2v) is 5.43. The highest BCUT2D eigenvalue weighted by molar-refractivity contribution is 7.10. The molecule has 4 heteroatoms. The Kier molecular flexibility index (Phi) is 3.33. The fraction of sp³-hybridized carbons (Fsp3) is 0.133. The molecule has 0 spiro atoms. The van der Waals surface area contributed by atoms with Crippen LogP contribution in [0.1, 0.15) is 10.4 Å². The highest BCUT2D eigenvalue weighted by Crippen LogP contribution is 2.22. The number of nitrogens with one attached hydrogen (secondary N) is 2. The number of benzene rings is 1. The van der Waals surface area contributed by atoms with E-state index in [0.29, 0.717) is 0 Å². The summed E-state index contributed by atoms with van der Waals surface area (Å²) in [6.07, 6.45) is 1.77. The van der Waals surface area contributed by atoms with Crippen molar-refractivity contribution in [1.82, 2.24) is 10.2 Å². The van der Waals surface area contributed by atoms with Gasteiger partial charge in [-0.05, 0) is 42.1 Å². The zero-order valence-corrected chi connectivity index (χ0v) is 11.5. The van der Waals surface area contributed by atoms with Crippen LogP contribution in [0.25, 0.3) is 11.3 Å². The molecule has 0 atom stereocenters. The first kappa shape index (κ1) is 12.0. The lowest BCUT2D eigenvalue weighted by Gasteiger charge is -2.07. The molecule has 0 bridgehead atoms. The lowest BCUT2D eigenvalue weighted by atomic mass is 10.1. The summed E-state index contributed by atoms with van der Waals surface area (Å²) in [7, 11) is 0. The van der Waals surface area contributed by atoms with E-state index in [1.165, 1.54) is 10.4 Å². The van der Waals surface area contributed by atoms with Crippen molar-refractivity contribution in [3.05, 3.63) is 58.4 Å². The molecule has 1 aromatic carbocycles. The molecule has 96 valence electrons. The molecular formula is C15H15N3S. The first-order valence-electron chi connectivity index (χ1n) is 6.19. The van der Waals surface area contributed by atoms with Crippen molar-refractivity contribution < 1.29 is 0 Å². The molecule has 19 heavy (non-hydrogen) atoms. The third kappa shape index (κ3) is 2.69. The highest BCUT2D eigenvalue weighted by Gasteiger charge is 2.02. The number of anilines is 1. The summed E-state index contributed by atoms with van der Waals surface area (Å²) in [6, 6.07) is 12.5. The van der Waals surface area contributed by atoms with E-state index >= 15 is 0 Å². The van der Waals surface area contributed by atoms with Crippen molar-refractivity contribution in [1.29, 1.82) is 0 Å². The summed E-state index contributed by atoms with van der Waals surface area (Å²) >= 11 is 1.79. The molecule has 0 saturated heterocycles. The van der Waals surface area contributed by atoms with E-state index < -0.39 is 0 Å². The number of rotatable bonds is 4. The van der Waals surface area contributed by atoms with E-state index in [-0.39, 0.29) is 0 Å². The van der Waals surface area contributed by atoms with Crippen LogP contribution in [-0.2, 0) is 6.54 Å². The number of hydrogen-bond donors (Lipinski definition) is 2. The molecule has 0 aliphatic heterocycles.